The van der Waals surface area contributed by atoms with Gasteiger partial charge in [-0.15, -0.1) is 0 Å². The number of hydrogen-bond donors (Lipinski definition) is 2. The minimum absolute atomic E-state index is 0.0231. The van der Waals surface area contributed by atoms with Crippen LogP contribution in [0.15, 0.2) is 22.0 Å². The first-order valence-electron chi connectivity index (χ1n) is 6.57. The van der Waals surface area contributed by atoms with Crippen LogP contribution in [-0.4, -0.2) is 34.3 Å². The number of amidine groups is 1. The largest absolute Gasteiger partial charge is 0.507 e. The van der Waals surface area contributed by atoms with Crippen molar-refractivity contribution in [1.82, 2.24) is 10.4 Å². The molecule has 0 saturated carbocycles. The number of hydrazine groups is 1. The van der Waals surface area contributed by atoms with Crippen LogP contribution in [-0.2, 0) is 4.79 Å². The first kappa shape index (κ1) is 14.1. The number of amides is 1. The summed E-state index contributed by atoms with van der Waals surface area (Å²) >= 11 is 1.22. The van der Waals surface area contributed by atoms with Crippen molar-refractivity contribution < 1.29 is 14.3 Å². The Labute approximate surface area is 125 Å². The monoisotopic (exact) mass is 307 g/mol. The summed E-state index contributed by atoms with van der Waals surface area (Å²) < 4.78 is 13.4. The van der Waals surface area contributed by atoms with Crippen LogP contribution in [0.25, 0.3) is 6.08 Å². The van der Waals surface area contributed by atoms with Crippen molar-refractivity contribution in [3.8, 4) is 5.75 Å². The van der Waals surface area contributed by atoms with Gasteiger partial charge in [0.1, 0.15) is 11.6 Å². The van der Waals surface area contributed by atoms with Crippen molar-refractivity contribution >= 4 is 28.9 Å². The van der Waals surface area contributed by atoms with E-state index < -0.39 is 5.82 Å². The maximum Gasteiger partial charge on any atom is 0.286 e. The molecule has 1 amide bonds. The normalized spacial score (nSPS) is 20.5. The molecule has 0 unspecified atom stereocenters. The predicted molar refractivity (Wildman–Crippen MR) is 80.1 cm³/mol. The number of phenols is 1. The van der Waals surface area contributed by atoms with Gasteiger partial charge in [0.15, 0.2) is 5.17 Å². The number of benzene rings is 1. The lowest BCUT2D eigenvalue weighted by molar-refractivity contribution is -0.113. The Hall–Kier alpha value is -1.86. The number of halogens is 1. The molecular formula is C14H14FN3O2S. The van der Waals surface area contributed by atoms with Gasteiger partial charge in [0.25, 0.3) is 5.91 Å². The van der Waals surface area contributed by atoms with Gasteiger partial charge < -0.3 is 5.11 Å². The van der Waals surface area contributed by atoms with Crippen molar-refractivity contribution in [2.24, 2.45) is 4.99 Å². The number of nitrogens with zero attached hydrogens (tertiary/aromatic N) is 2. The number of nitrogens with one attached hydrogen (secondary N) is 1. The van der Waals surface area contributed by atoms with Crippen LogP contribution >= 0.6 is 11.8 Å². The first-order chi connectivity index (χ1) is 10.0. The SMILES string of the molecule is Cc1cc(F)cc(/C=C2\SC(N3CCCN3)=NC2=O)c1O. The third kappa shape index (κ3) is 2.79. The molecule has 1 aromatic carbocycles. The van der Waals surface area contributed by atoms with Crippen LogP contribution in [0.3, 0.4) is 0 Å². The smallest absolute Gasteiger partial charge is 0.286 e. The summed E-state index contributed by atoms with van der Waals surface area (Å²) in [5.41, 5.74) is 3.84. The zero-order valence-corrected chi connectivity index (χ0v) is 12.2. The molecule has 2 aliphatic heterocycles. The zero-order chi connectivity index (χ0) is 15.0. The number of aromatic hydroxyl groups is 1. The summed E-state index contributed by atoms with van der Waals surface area (Å²) in [6.45, 7) is 3.27. The Morgan fingerprint density at radius 3 is 3.05 bits per heavy atom. The summed E-state index contributed by atoms with van der Waals surface area (Å²) in [4.78, 5) is 16.3. The summed E-state index contributed by atoms with van der Waals surface area (Å²) in [6, 6.07) is 2.45. The van der Waals surface area contributed by atoms with Crippen molar-refractivity contribution in [2.45, 2.75) is 13.3 Å². The topological polar surface area (TPSA) is 64.9 Å². The molecule has 7 heteroatoms. The van der Waals surface area contributed by atoms with Gasteiger partial charge in [0.05, 0.1) is 4.91 Å². The molecule has 2 aliphatic rings. The van der Waals surface area contributed by atoms with E-state index in [9.17, 15) is 14.3 Å². The van der Waals surface area contributed by atoms with E-state index >= 15 is 0 Å². The summed E-state index contributed by atoms with van der Waals surface area (Å²) in [5, 5.41) is 12.4. The fraction of sp³-hybridized carbons (Fsp3) is 0.286. The number of carbonyl (C=O) groups is 1. The minimum Gasteiger partial charge on any atom is -0.507 e. The van der Waals surface area contributed by atoms with E-state index in [1.807, 2.05) is 5.01 Å². The van der Waals surface area contributed by atoms with Gasteiger partial charge in [-0.05, 0) is 48.9 Å². The van der Waals surface area contributed by atoms with Crippen LogP contribution in [0.1, 0.15) is 17.5 Å². The predicted octanol–water partition coefficient (Wildman–Crippen LogP) is 2.02. The highest BCUT2D eigenvalue weighted by atomic mass is 32.2. The van der Waals surface area contributed by atoms with Gasteiger partial charge in [-0.25, -0.2) is 9.82 Å². The number of aliphatic imine (C=N–C) groups is 1. The van der Waals surface area contributed by atoms with E-state index in [0.717, 1.165) is 19.5 Å². The highest BCUT2D eigenvalue weighted by molar-refractivity contribution is 8.18. The molecule has 3 rings (SSSR count). The number of hydrogen-bond acceptors (Lipinski definition) is 5. The molecule has 1 saturated heterocycles. The quantitative estimate of drug-likeness (QED) is 0.777. The van der Waals surface area contributed by atoms with Gasteiger partial charge in [0.2, 0.25) is 0 Å². The average Bonchev–Trinajstić information content (AvgIpc) is 3.06. The summed E-state index contributed by atoms with van der Waals surface area (Å²) in [6.07, 6.45) is 2.47. The Kier molecular flexibility index (Phi) is 3.69. The molecular weight excluding hydrogens is 293 g/mol. The van der Waals surface area contributed by atoms with Crippen molar-refractivity contribution in [3.63, 3.8) is 0 Å². The number of carbonyl (C=O) groups excluding carboxylic acids is 1. The summed E-state index contributed by atoms with van der Waals surface area (Å²) in [7, 11) is 0. The Bertz CT molecular complexity index is 666. The van der Waals surface area contributed by atoms with Crippen LogP contribution in [0.2, 0.25) is 0 Å². The van der Waals surface area contributed by atoms with Gasteiger partial charge in [-0.2, -0.15) is 4.99 Å². The van der Waals surface area contributed by atoms with E-state index in [1.54, 1.807) is 6.92 Å². The third-order valence-electron chi connectivity index (χ3n) is 3.28. The number of rotatable bonds is 1. The molecule has 5 nitrogen and oxygen atoms in total. The molecule has 21 heavy (non-hydrogen) atoms. The van der Waals surface area contributed by atoms with Crippen LogP contribution in [0, 0.1) is 12.7 Å². The Morgan fingerprint density at radius 1 is 1.52 bits per heavy atom. The third-order valence-corrected chi connectivity index (χ3v) is 4.29. The van der Waals surface area contributed by atoms with Crippen LogP contribution in [0.5, 0.6) is 5.75 Å². The lowest BCUT2D eigenvalue weighted by Crippen LogP contribution is -2.34. The van der Waals surface area contributed by atoms with Gasteiger partial charge in [-0.3, -0.25) is 9.80 Å². The highest BCUT2D eigenvalue weighted by Gasteiger charge is 2.28. The van der Waals surface area contributed by atoms with Crippen molar-refractivity contribution in [2.75, 3.05) is 13.1 Å². The second-order valence-electron chi connectivity index (χ2n) is 4.88. The molecule has 0 aromatic heterocycles. The van der Waals surface area contributed by atoms with Crippen molar-refractivity contribution in [1.29, 1.82) is 0 Å². The zero-order valence-electron chi connectivity index (χ0n) is 11.4. The van der Waals surface area contributed by atoms with Crippen LogP contribution in [0.4, 0.5) is 4.39 Å². The molecule has 110 valence electrons. The number of thioether (sulfide) groups is 1. The highest BCUT2D eigenvalue weighted by Crippen LogP contribution is 2.33. The van der Waals surface area contributed by atoms with E-state index in [0.29, 0.717) is 15.6 Å². The number of aryl methyl sites for hydroxylation is 1. The van der Waals surface area contributed by atoms with Crippen LogP contribution < -0.4 is 5.43 Å². The molecule has 0 radical (unpaired) electrons. The standard InChI is InChI=1S/C14H14FN3O2S/c1-8-5-10(15)6-9(12(8)19)7-11-13(20)17-14(21-11)18-4-2-3-16-18/h5-7,16,19H,2-4H2,1H3/b11-7-. The first-order valence-corrected chi connectivity index (χ1v) is 7.39. The van der Waals surface area contributed by atoms with Gasteiger partial charge in [-0.1, -0.05) is 0 Å². The van der Waals surface area contributed by atoms with Gasteiger partial charge >= 0.3 is 0 Å². The van der Waals surface area contributed by atoms with Crippen molar-refractivity contribution in [3.05, 3.63) is 34.0 Å². The molecule has 1 aromatic rings. The second kappa shape index (κ2) is 5.50. The fourth-order valence-electron chi connectivity index (χ4n) is 2.22. The molecule has 1 fully saturated rings. The molecule has 0 spiro atoms. The molecule has 2 N–H and O–H groups in total. The minimum atomic E-state index is -0.449. The average molecular weight is 307 g/mol. The Morgan fingerprint density at radius 2 is 2.33 bits per heavy atom. The summed E-state index contributed by atoms with van der Waals surface area (Å²) in [5.74, 6) is -0.843. The van der Waals surface area contributed by atoms with E-state index in [1.165, 1.54) is 30.0 Å². The maximum atomic E-state index is 13.4. The van der Waals surface area contributed by atoms with E-state index in [2.05, 4.69) is 10.4 Å². The van der Waals surface area contributed by atoms with E-state index in [-0.39, 0.29) is 17.2 Å². The number of phenolic OH excluding ortho intramolecular Hbond substituents is 1. The molecule has 0 atom stereocenters. The van der Waals surface area contributed by atoms with Gasteiger partial charge in [0, 0.05) is 18.7 Å². The lowest BCUT2D eigenvalue weighted by atomic mass is 10.1. The lowest BCUT2D eigenvalue weighted by Gasteiger charge is -2.15. The Balaban J connectivity index is 1.87. The molecule has 0 bridgehead atoms. The molecule has 0 aliphatic carbocycles. The maximum absolute atomic E-state index is 13.4. The molecule has 2 heterocycles. The second-order valence-corrected chi connectivity index (χ2v) is 5.89. The van der Waals surface area contributed by atoms with E-state index in [4.69, 9.17) is 0 Å². The fourth-order valence-corrected chi connectivity index (χ4v) is 3.13.